The fourth-order valence-electron chi connectivity index (χ4n) is 2.86. The quantitative estimate of drug-likeness (QED) is 0.189. The molecule has 4 atom stereocenters. The first-order chi connectivity index (χ1) is 16.4. The topological polar surface area (TPSA) is 87.3 Å². The van der Waals surface area contributed by atoms with Gasteiger partial charge in [0.1, 0.15) is 6.17 Å². The second-order valence-corrected chi connectivity index (χ2v) is 8.59. The van der Waals surface area contributed by atoms with E-state index in [1.54, 1.807) is 6.92 Å². The average molecular weight is 495 g/mol. The summed E-state index contributed by atoms with van der Waals surface area (Å²) in [6.07, 6.45) is 2.12. The Kier molecular flexibility index (Phi) is 23.3. The Morgan fingerprint density at radius 1 is 0.824 bits per heavy atom. The van der Waals surface area contributed by atoms with Gasteiger partial charge in [-0.25, -0.2) is 4.39 Å². The highest BCUT2D eigenvalue weighted by Gasteiger charge is 2.19. The first-order valence-electron chi connectivity index (χ1n) is 13.0. The maximum absolute atomic E-state index is 14.2. The zero-order valence-electron chi connectivity index (χ0n) is 22.2. The maximum atomic E-state index is 14.2. The van der Waals surface area contributed by atoms with Crippen molar-refractivity contribution in [1.82, 2.24) is 10.6 Å². The van der Waals surface area contributed by atoms with Gasteiger partial charge >= 0.3 is 0 Å². The lowest BCUT2D eigenvalue weighted by Crippen LogP contribution is -2.39. The smallest absolute Gasteiger partial charge is 0.222 e. The van der Waals surface area contributed by atoms with Crippen LogP contribution in [0.4, 0.5) is 4.39 Å². The molecule has 9 heteroatoms. The Hall–Kier alpha value is -0.840. The molecule has 2 N–H and O–H groups in total. The van der Waals surface area contributed by atoms with Crippen LogP contribution in [0.15, 0.2) is 0 Å². The van der Waals surface area contributed by atoms with Crippen molar-refractivity contribution in [3.05, 3.63) is 0 Å². The van der Waals surface area contributed by atoms with Crippen molar-refractivity contribution in [2.45, 2.75) is 78.6 Å². The summed E-state index contributed by atoms with van der Waals surface area (Å²) in [5.41, 5.74) is 0. The van der Waals surface area contributed by atoms with Gasteiger partial charge in [0.2, 0.25) is 5.91 Å². The summed E-state index contributed by atoms with van der Waals surface area (Å²) in [6.45, 7) is 15.1. The standard InChI is InChI=1S/C25H51FN2O6/c1-6-8-9-21(3)25(29)28-20-24(26)23(5)34-19-18-33-17-16-32-15-14-31-13-12-30-11-10-27-22(4)7-2/h21-24,27H,6-20H2,1-5H3,(H,28,29). The fraction of sp³-hybridized carbons (Fsp3) is 0.960. The summed E-state index contributed by atoms with van der Waals surface area (Å²) >= 11 is 0. The Morgan fingerprint density at radius 2 is 1.35 bits per heavy atom. The SMILES string of the molecule is CCCCC(C)C(=O)NCC(F)C(C)OCCOCCOCCOCCOCCNC(C)CC. The number of hydrogen-bond acceptors (Lipinski definition) is 7. The molecule has 0 heterocycles. The van der Waals surface area contributed by atoms with Crippen LogP contribution < -0.4 is 10.6 Å². The van der Waals surface area contributed by atoms with E-state index in [-0.39, 0.29) is 18.4 Å². The molecule has 8 nitrogen and oxygen atoms in total. The predicted molar refractivity (Wildman–Crippen MR) is 133 cm³/mol. The number of unbranched alkanes of at least 4 members (excludes halogenated alkanes) is 1. The van der Waals surface area contributed by atoms with Gasteiger partial charge in [0.15, 0.2) is 0 Å². The normalized spacial score (nSPS) is 15.1. The largest absolute Gasteiger partial charge is 0.378 e. The van der Waals surface area contributed by atoms with E-state index in [0.717, 1.165) is 32.2 Å². The second kappa shape index (κ2) is 23.9. The molecule has 0 aromatic rings. The molecule has 0 saturated heterocycles. The highest BCUT2D eigenvalue weighted by molar-refractivity contribution is 5.78. The summed E-state index contributed by atoms with van der Waals surface area (Å²) in [5.74, 6) is -0.193. The molecule has 1 amide bonds. The van der Waals surface area contributed by atoms with Gasteiger partial charge in [0.05, 0.1) is 72.1 Å². The Morgan fingerprint density at radius 3 is 1.88 bits per heavy atom. The first-order valence-corrected chi connectivity index (χ1v) is 13.0. The number of carbonyl (C=O) groups excluding carboxylic acids is 1. The van der Waals surface area contributed by atoms with Crippen molar-refractivity contribution in [2.75, 3.05) is 72.6 Å². The van der Waals surface area contributed by atoms with Crippen LogP contribution in [0.25, 0.3) is 0 Å². The van der Waals surface area contributed by atoms with Gasteiger partial charge in [-0.15, -0.1) is 0 Å². The van der Waals surface area contributed by atoms with Crippen molar-refractivity contribution >= 4 is 5.91 Å². The molecule has 4 unspecified atom stereocenters. The molecule has 204 valence electrons. The summed E-state index contributed by atoms with van der Waals surface area (Å²) < 4.78 is 41.4. The maximum Gasteiger partial charge on any atom is 0.222 e. The van der Waals surface area contributed by atoms with Gasteiger partial charge in [0.25, 0.3) is 0 Å². The Bertz CT molecular complexity index is 461. The van der Waals surface area contributed by atoms with Crippen molar-refractivity contribution in [3.8, 4) is 0 Å². The third-order valence-electron chi connectivity index (χ3n) is 5.49. The minimum absolute atomic E-state index is 0.0329. The highest BCUT2D eigenvalue weighted by Crippen LogP contribution is 2.08. The zero-order valence-corrected chi connectivity index (χ0v) is 22.2. The zero-order chi connectivity index (χ0) is 25.4. The minimum Gasteiger partial charge on any atom is -0.378 e. The van der Waals surface area contributed by atoms with Gasteiger partial charge in [-0.1, -0.05) is 33.6 Å². The van der Waals surface area contributed by atoms with Crippen LogP contribution in [0.3, 0.4) is 0 Å². The average Bonchev–Trinajstić information content (AvgIpc) is 2.84. The van der Waals surface area contributed by atoms with Crippen molar-refractivity contribution in [2.24, 2.45) is 5.92 Å². The van der Waals surface area contributed by atoms with Gasteiger partial charge in [0, 0.05) is 18.5 Å². The number of ether oxygens (including phenoxy) is 5. The molecular weight excluding hydrogens is 443 g/mol. The summed E-state index contributed by atoms with van der Waals surface area (Å²) in [4.78, 5) is 11.9. The summed E-state index contributed by atoms with van der Waals surface area (Å²) in [6, 6.07) is 0.522. The summed E-state index contributed by atoms with van der Waals surface area (Å²) in [7, 11) is 0. The van der Waals surface area contributed by atoms with Crippen LogP contribution in [0, 0.1) is 5.92 Å². The van der Waals surface area contributed by atoms with Crippen LogP contribution in [-0.2, 0) is 28.5 Å². The monoisotopic (exact) mass is 494 g/mol. The molecule has 0 spiro atoms. The van der Waals surface area contributed by atoms with E-state index < -0.39 is 12.3 Å². The van der Waals surface area contributed by atoms with Crippen LogP contribution in [0.2, 0.25) is 0 Å². The molecular formula is C25H51FN2O6. The van der Waals surface area contributed by atoms with E-state index in [2.05, 4.69) is 31.4 Å². The molecule has 0 bridgehead atoms. The van der Waals surface area contributed by atoms with E-state index in [1.165, 1.54) is 0 Å². The minimum atomic E-state index is -1.25. The van der Waals surface area contributed by atoms with Crippen molar-refractivity contribution < 1.29 is 32.9 Å². The highest BCUT2D eigenvalue weighted by atomic mass is 19.1. The molecule has 0 aliphatic rings. The fourth-order valence-corrected chi connectivity index (χ4v) is 2.86. The van der Waals surface area contributed by atoms with E-state index >= 15 is 0 Å². The van der Waals surface area contributed by atoms with Gasteiger partial charge < -0.3 is 34.3 Å². The van der Waals surface area contributed by atoms with Crippen LogP contribution in [-0.4, -0.2) is 96.8 Å². The summed E-state index contributed by atoms with van der Waals surface area (Å²) in [5, 5.41) is 6.04. The van der Waals surface area contributed by atoms with E-state index in [9.17, 15) is 9.18 Å². The van der Waals surface area contributed by atoms with Crippen LogP contribution in [0.1, 0.15) is 60.3 Å². The third-order valence-corrected chi connectivity index (χ3v) is 5.49. The van der Waals surface area contributed by atoms with Crippen molar-refractivity contribution in [3.63, 3.8) is 0 Å². The van der Waals surface area contributed by atoms with Crippen molar-refractivity contribution in [1.29, 1.82) is 0 Å². The Balaban J connectivity index is 3.42. The Labute approximate surface area is 206 Å². The number of hydrogen-bond donors (Lipinski definition) is 2. The van der Waals surface area contributed by atoms with Gasteiger partial charge in [-0.2, -0.15) is 0 Å². The number of halogens is 1. The van der Waals surface area contributed by atoms with E-state index in [0.29, 0.717) is 65.5 Å². The number of alkyl halides is 1. The van der Waals surface area contributed by atoms with E-state index in [4.69, 9.17) is 23.7 Å². The molecule has 0 aliphatic carbocycles. The molecule has 0 radical (unpaired) electrons. The number of carbonyl (C=O) groups is 1. The molecule has 0 rings (SSSR count). The number of amides is 1. The molecule has 0 saturated carbocycles. The third kappa shape index (κ3) is 20.5. The molecule has 34 heavy (non-hydrogen) atoms. The number of nitrogens with one attached hydrogen (secondary N) is 2. The molecule has 0 fully saturated rings. The molecule has 0 aromatic carbocycles. The van der Waals surface area contributed by atoms with Gasteiger partial charge in [-0.05, 0) is 26.7 Å². The molecule has 0 aromatic heterocycles. The first kappa shape index (κ1) is 33.2. The lowest BCUT2D eigenvalue weighted by Gasteiger charge is -2.19. The predicted octanol–water partition coefficient (Wildman–Crippen LogP) is 3.13. The lowest BCUT2D eigenvalue weighted by atomic mass is 10.0. The van der Waals surface area contributed by atoms with Crippen LogP contribution in [0.5, 0.6) is 0 Å². The lowest BCUT2D eigenvalue weighted by molar-refractivity contribution is -0.125. The second-order valence-electron chi connectivity index (χ2n) is 8.59. The number of rotatable bonds is 25. The molecule has 0 aliphatic heterocycles. The van der Waals surface area contributed by atoms with E-state index in [1.807, 2.05) is 6.92 Å². The van der Waals surface area contributed by atoms with Crippen LogP contribution >= 0.6 is 0 Å². The van der Waals surface area contributed by atoms with Gasteiger partial charge in [-0.3, -0.25) is 4.79 Å².